The van der Waals surface area contributed by atoms with Crippen molar-refractivity contribution in [2.75, 3.05) is 30.9 Å². The zero-order valence-electron chi connectivity index (χ0n) is 12.2. The Morgan fingerprint density at radius 3 is 2.77 bits per heavy atom. The molecule has 0 aliphatic rings. The van der Waals surface area contributed by atoms with Gasteiger partial charge in [0.1, 0.15) is 17.3 Å². The van der Waals surface area contributed by atoms with E-state index in [4.69, 9.17) is 4.74 Å². The number of rotatable bonds is 7. The molecule has 0 spiro atoms. The van der Waals surface area contributed by atoms with Gasteiger partial charge in [-0.1, -0.05) is 12.1 Å². The number of nitrogens with zero attached hydrogens (tertiary/aromatic N) is 2. The van der Waals surface area contributed by atoms with Crippen molar-refractivity contribution in [1.82, 2.24) is 9.97 Å². The Morgan fingerprint density at radius 1 is 1.27 bits per heavy atom. The van der Waals surface area contributed by atoms with Gasteiger partial charge in [0.2, 0.25) is 0 Å². The second-order valence-corrected chi connectivity index (χ2v) is 4.49. The first kappa shape index (κ1) is 15.8. The Balaban J connectivity index is 1.92. The first-order chi connectivity index (χ1) is 10.7. The summed E-state index contributed by atoms with van der Waals surface area (Å²) in [5.41, 5.74) is 0.224. The van der Waals surface area contributed by atoms with E-state index in [9.17, 15) is 9.18 Å². The SMILES string of the molecule is COCCCNc1cnc(C(=O)Nc2ccccc2F)cn1. The largest absolute Gasteiger partial charge is 0.385 e. The van der Waals surface area contributed by atoms with Gasteiger partial charge in [-0.3, -0.25) is 4.79 Å². The van der Waals surface area contributed by atoms with Gasteiger partial charge in [0.05, 0.1) is 18.1 Å². The minimum absolute atomic E-state index is 0.107. The third-order valence-corrected chi connectivity index (χ3v) is 2.84. The number of hydrogen-bond donors (Lipinski definition) is 2. The summed E-state index contributed by atoms with van der Waals surface area (Å²) in [5.74, 6) is -0.442. The molecule has 0 fully saturated rings. The van der Waals surface area contributed by atoms with Crippen molar-refractivity contribution in [2.45, 2.75) is 6.42 Å². The molecule has 0 aliphatic carbocycles. The molecule has 6 nitrogen and oxygen atoms in total. The van der Waals surface area contributed by atoms with Crippen molar-refractivity contribution >= 4 is 17.4 Å². The number of methoxy groups -OCH3 is 1. The molecule has 0 unspecified atom stereocenters. The van der Waals surface area contributed by atoms with Crippen molar-refractivity contribution in [3.8, 4) is 0 Å². The molecule has 0 bridgehead atoms. The average Bonchev–Trinajstić information content (AvgIpc) is 2.54. The summed E-state index contributed by atoms with van der Waals surface area (Å²) < 4.78 is 18.4. The monoisotopic (exact) mass is 304 g/mol. The van der Waals surface area contributed by atoms with Crippen LogP contribution in [0.1, 0.15) is 16.9 Å². The number of ether oxygens (including phenoxy) is 1. The van der Waals surface area contributed by atoms with Gasteiger partial charge < -0.3 is 15.4 Å². The van der Waals surface area contributed by atoms with Crippen LogP contribution in [0.5, 0.6) is 0 Å². The van der Waals surface area contributed by atoms with E-state index in [1.54, 1.807) is 19.2 Å². The fourth-order valence-corrected chi connectivity index (χ4v) is 1.72. The lowest BCUT2D eigenvalue weighted by Gasteiger charge is -2.07. The van der Waals surface area contributed by atoms with Crippen LogP contribution in [-0.2, 0) is 4.74 Å². The van der Waals surface area contributed by atoms with Crippen LogP contribution in [0.3, 0.4) is 0 Å². The number of benzene rings is 1. The molecule has 2 rings (SSSR count). The minimum Gasteiger partial charge on any atom is -0.385 e. The molecular weight excluding hydrogens is 287 g/mol. The number of hydrogen-bond acceptors (Lipinski definition) is 5. The van der Waals surface area contributed by atoms with Gasteiger partial charge in [-0.05, 0) is 18.6 Å². The van der Waals surface area contributed by atoms with E-state index in [1.165, 1.54) is 24.5 Å². The number of nitrogens with one attached hydrogen (secondary N) is 2. The summed E-state index contributed by atoms with van der Waals surface area (Å²) in [6, 6.07) is 5.94. The molecule has 7 heteroatoms. The quantitative estimate of drug-likeness (QED) is 0.768. The van der Waals surface area contributed by atoms with E-state index in [0.29, 0.717) is 19.0 Å². The lowest BCUT2D eigenvalue weighted by atomic mass is 10.3. The maximum atomic E-state index is 13.5. The van der Waals surface area contributed by atoms with Gasteiger partial charge in [0, 0.05) is 20.3 Å². The molecule has 116 valence electrons. The van der Waals surface area contributed by atoms with E-state index < -0.39 is 11.7 Å². The van der Waals surface area contributed by atoms with Crippen LogP contribution in [0.2, 0.25) is 0 Å². The van der Waals surface area contributed by atoms with Gasteiger partial charge in [0.25, 0.3) is 5.91 Å². The molecule has 0 aliphatic heterocycles. The summed E-state index contributed by atoms with van der Waals surface area (Å²) in [4.78, 5) is 20.1. The highest BCUT2D eigenvalue weighted by atomic mass is 19.1. The third-order valence-electron chi connectivity index (χ3n) is 2.84. The van der Waals surface area contributed by atoms with Crippen LogP contribution in [0.15, 0.2) is 36.7 Å². The molecule has 0 saturated heterocycles. The highest BCUT2D eigenvalue weighted by molar-refractivity contribution is 6.02. The van der Waals surface area contributed by atoms with Crippen molar-refractivity contribution in [1.29, 1.82) is 0 Å². The number of amides is 1. The first-order valence-electron chi connectivity index (χ1n) is 6.81. The standard InChI is InChI=1S/C15H17FN4O2/c1-22-8-4-7-17-14-10-18-13(9-19-14)15(21)20-12-6-3-2-5-11(12)16/h2-3,5-6,9-10H,4,7-8H2,1H3,(H,17,19)(H,20,21). The summed E-state index contributed by atoms with van der Waals surface area (Å²) in [6.45, 7) is 1.35. The number of aromatic nitrogens is 2. The van der Waals surface area contributed by atoms with Crippen molar-refractivity contribution < 1.29 is 13.9 Å². The predicted octanol–water partition coefficient (Wildman–Crippen LogP) is 2.32. The van der Waals surface area contributed by atoms with Crippen LogP contribution in [0, 0.1) is 5.82 Å². The van der Waals surface area contributed by atoms with Crippen LogP contribution < -0.4 is 10.6 Å². The summed E-state index contributed by atoms with van der Waals surface area (Å²) >= 11 is 0. The van der Waals surface area contributed by atoms with Crippen molar-refractivity contribution in [3.05, 3.63) is 48.2 Å². The highest BCUT2D eigenvalue weighted by Gasteiger charge is 2.10. The zero-order valence-corrected chi connectivity index (χ0v) is 12.2. The normalized spacial score (nSPS) is 10.3. The van der Waals surface area contributed by atoms with Gasteiger partial charge in [-0.2, -0.15) is 0 Å². The first-order valence-corrected chi connectivity index (χ1v) is 6.81. The third kappa shape index (κ3) is 4.49. The van der Waals surface area contributed by atoms with Crippen LogP contribution in [0.4, 0.5) is 15.9 Å². The van der Waals surface area contributed by atoms with Crippen molar-refractivity contribution in [3.63, 3.8) is 0 Å². The molecule has 1 heterocycles. The van der Waals surface area contributed by atoms with Crippen LogP contribution >= 0.6 is 0 Å². The van der Waals surface area contributed by atoms with E-state index in [1.807, 2.05) is 0 Å². The highest BCUT2D eigenvalue weighted by Crippen LogP contribution is 2.13. The Labute approximate surface area is 127 Å². The molecule has 1 aromatic carbocycles. The van der Waals surface area contributed by atoms with Gasteiger partial charge >= 0.3 is 0 Å². The molecule has 0 saturated carbocycles. The van der Waals surface area contributed by atoms with Crippen LogP contribution in [-0.4, -0.2) is 36.1 Å². The molecule has 1 amide bonds. The smallest absolute Gasteiger partial charge is 0.275 e. The summed E-state index contributed by atoms with van der Waals surface area (Å²) in [7, 11) is 1.64. The van der Waals surface area contributed by atoms with E-state index in [2.05, 4.69) is 20.6 Å². The van der Waals surface area contributed by atoms with Gasteiger partial charge in [0.15, 0.2) is 0 Å². The fourth-order valence-electron chi connectivity index (χ4n) is 1.72. The number of carbonyl (C=O) groups excluding carboxylic acids is 1. The maximum Gasteiger partial charge on any atom is 0.275 e. The zero-order chi connectivity index (χ0) is 15.8. The number of anilines is 2. The lowest BCUT2D eigenvalue weighted by Crippen LogP contribution is -2.15. The molecule has 2 N–H and O–H groups in total. The predicted molar refractivity (Wildman–Crippen MR) is 81.4 cm³/mol. The topological polar surface area (TPSA) is 76.1 Å². The van der Waals surface area contributed by atoms with E-state index in [0.717, 1.165) is 6.42 Å². The van der Waals surface area contributed by atoms with Gasteiger partial charge in [-0.25, -0.2) is 14.4 Å². The summed E-state index contributed by atoms with van der Waals surface area (Å²) in [6.07, 6.45) is 3.64. The molecule has 2 aromatic rings. The van der Waals surface area contributed by atoms with Crippen LogP contribution in [0.25, 0.3) is 0 Å². The molecular formula is C15H17FN4O2. The number of halogens is 1. The Hall–Kier alpha value is -2.54. The van der Waals surface area contributed by atoms with Crippen molar-refractivity contribution in [2.24, 2.45) is 0 Å². The molecule has 22 heavy (non-hydrogen) atoms. The average molecular weight is 304 g/mol. The summed E-state index contributed by atoms with van der Waals surface area (Å²) in [5, 5.41) is 5.51. The maximum absolute atomic E-state index is 13.5. The lowest BCUT2D eigenvalue weighted by molar-refractivity contribution is 0.102. The number of para-hydroxylation sites is 1. The van der Waals surface area contributed by atoms with E-state index in [-0.39, 0.29) is 11.4 Å². The second kappa shape index (κ2) is 8.04. The second-order valence-electron chi connectivity index (χ2n) is 4.49. The molecule has 0 atom stereocenters. The Bertz CT molecular complexity index is 619. The Kier molecular flexibility index (Phi) is 5.79. The molecule has 0 radical (unpaired) electrons. The van der Waals surface area contributed by atoms with Gasteiger partial charge in [-0.15, -0.1) is 0 Å². The Morgan fingerprint density at radius 2 is 2.09 bits per heavy atom. The minimum atomic E-state index is -0.511. The van der Waals surface area contributed by atoms with E-state index >= 15 is 0 Å². The fraction of sp³-hybridized carbons (Fsp3) is 0.267. The molecule has 1 aromatic heterocycles. The number of carbonyl (C=O) groups is 1.